The third-order valence-corrected chi connectivity index (χ3v) is 6.68. The summed E-state index contributed by atoms with van der Waals surface area (Å²) in [6, 6.07) is 4.28. The van der Waals surface area contributed by atoms with Gasteiger partial charge in [0.25, 0.3) is 0 Å². The second kappa shape index (κ2) is 12.7. The molecule has 1 aromatic heterocycles. The average Bonchev–Trinajstić information content (AvgIpc) is 3.51. The number of carboxylic acid groups (broad SMARTS) is 1. The van der Waals surface area contributed by atoms with Crippen LogP contribution in [-0.4, -0.2) is 64.5 Å². The van der Waals surface area contributed by atoms with Crippen molar-refractivity contribution in [2.45, 2.75) is 77.5 Å². The smallest absolute Gasteiger partial charge is 0.326 e. The Labute approximate surface area is 217 Å². The highest BCUT2D eigenvalue weighted by Crippen LogP contribution is 2.19. The topological polar surface area (TPSA) is 152 Å². The van der Waals surface area contributed by atoms with Crippen molar-refractivity contribution in [3.05, 3.63) is 36.0 Å². The Bertz CT molecular complexity index is 1110. The minimum Gasteiger partial charge on any atom is -0.480 e. The third kappa shape index (κ3) is 7.55. The van der Waals surface area contributed by atoms with Gasteiger partial charge in [0.2, 0.25) is 17.7 Å². The van der Waals surface area contributed by atoms with Crippen molar-refractivity contribution in [1.29, 1.82) is 0 Å². The van der Waals surface area contributed by atoms with Crippen molar-refractivity contribution in [3.63, 3.8) is 0 Å². The summed E-state index contributed by atoms with van der Waals surface area (Å²) >= 11 is 0. The Morgan fingerprint density at radius 1 is 1.00 bits per heavy atom. The molecule has 10 nitrogen and oxygen atoms in total. The lowest BCUT2D eigenvalue weighted by Crippen LogP contribution is -2.58. The maximum Gasteiger partial charge on any atom is 0.326 e. The van der Waals surface area contributed by atoms with Gasteiger partial charge >= 0.3 is 5.97 Å². The fourth-order valence-electron chi connectivity index (χ4n) is 4.65. The summed E-state index contributed by atoms with van der Waals surface area (Å²) in [4.78, 5) is 54.2. The molecule has 10 heteroatoms. The summed E-state index contributed by atoms with van der Waals surface area (Å²) in [5, 5.41) is 22.1. The summed E-state index contributed by atoms with van der Waals surface area (Å²) in [5.74, 6) is -2.58. The molecule has 37 heavy (non-hydrogen) atoms. The molecule has 0 saturated carbocycles. The Hall–Kier alpha value is -3.40. The van der Waals surface area contributed by atoms with E-state index < -0.39 is 35.9 Å². The molecule has 2 heterocycles. The van der Waals surface area contributed by atoms with E-state index >= 15 is 0 Å². The molecule has 1 aliphatic rings. The van der Waals surface area contributed by atoms with Crippen molar-refractivity contribution in [1.82, 2.24) is 26.3 Å². The van der Waals surface area contributed by atoms with E-state index in [4.69, 9.17) is 0 Å². The van der Waals surface area contributed by atoms with Crippen molar-refractivity contribution in [3.8, 4) is 0 Å². The first-order chi connectivity index (χ1) is 17.6. The van der Waals surface area contributed by atoms with Gasteiger partial charge in [-0.15, -0.1) is 0 Å². The lowest BCUT2D eigenvalue weighted by molar-refractivity contribution is -0.142. The monoisotopic (exact) mass is 513 g/mol. The summed E-state index contributed by atoms with van der Waals surface area (Å²) in [7, 11) is 0. The number of hydrogen-bond donors (Lipinski definition) is 6. The van der Waals surface area contributed by atoms with Gasteiger partial charge in [-0.1, -0.05) is 45.9 Å². The van der Waals surface area contributed by atoms with Gasteiger partial charge in [0, 0.05) is 23.5 Å². The summed E-state index contributed by atoms with van der Waals surface area (Å²) in [6.07, 6.45) is 3.77. The summed E-state index contributed by atoms with van der Waals surface area (Å²) < 4.78 is 0. The largest absolute Gasteiger partial charge is 0.480 e. The molecule has 4 atom stereocenters. The van der Waals surface area contributed by atoms with Crippen LogP contribution >= 0.6 is 0 Å². The molecule has 202 valence electrons. The van der Waals surface area contributed by atoms with Gasteiger partial charge < -0.3 is 31.4 Å². The van der Waals surface area contributed by atoms with Gasteiger partial charge in [0.15, 0.2) is 0 Å². The number of aromatic nitrogens is 1. The lowest BCUT2D eigenvalue weighted by Gasteiger charge is -2.27. The van der Waals surface area contributed by atoms with Crippen molar-refractivity contribution in [2.24, 2.45) is 11.8 Å². The van der Waals surface area contributed by atoms with Crippen LogP contribution in [0.2, 0.25) is 0 Å². The highest BCUT2D eigenvalue weighted by atomic mass is 16.4. The molecule has 3 amide bonds. The van der Waals surface area contributed by atoms with E-state index in [2.05, 4.69) is 26.3 Å². The van der Waals surface area contributed by atoms with Crippen molar-refractivity contribution >= 4 is 34.6 Å². The number of carbonyl (C=O) groups is 4. The zero-order chi connectivity index (χ0) is 27.1. The standard InChI is InChI=1S/C27H39N5O5/c1-15(2)12-21(30-26(35)23(16(3)4)32-24(33)20-10-7-11-28-20)25(34)31-22(27(36)37)13-17-14-29-19-9-6-5-8-18(17)19/h5-6,8-9,14-16,20-23,28-29H,7,10-13H2,1-4H3,(H,30,35)(H,31,34)(H,32,33)(H,36,37). The number of para-hydroxylation sites is 1. The first-order valence-corrected chi connectivity index (χ1v) is 13.0. The Morgan fingerprint density at radius 3 is 2.32 bits per heavy atom. The molecule has 2 aromatic rings. The normalized spacial score (nSPS) is 17.9. The zero-order valence-electron chi connectivity index (χ0n) is 22.0. The number of carboxylic acids is 1. The van der Waals surface area contributed by atoms with Crippen LogP contribution in [0.5, 0.6) is 0 Å². The van der Waals surface area contributed by atoms with Gasteiger partial charge in [-0.05, 0) is 49.3 Å². The predicted octanol–water partition coefficient (Wildman–Crippen LogP) is 1.70. The van der Waals surface area contributed by atoms with Crippen LogP contribution < -0.4 is 21.3 Å². The fraction of sp³-hybridized carbons (Fsp3) is 0.556. The van der Waals surface area contributed by atoms with Crippen LogP contribution in [0.15, 0.2) is 30.5 Å². The second-order valence-corrected chi connectivity index (χ2v) is 10.5. The lowest BCUT2D eigenvalue weighted by atomic mass is 9.99. The highest BCUT2D eigenvalue weighted by molar-refractivity contribution is 5.94. The number of rotatable bonds is 12. The van der Waals surface area contributed by atoms with Crippen LogP contribution in [-0.2, 0) is 25.6 Å². The molecular formula is C27H39N5O5. The van der Waals surface area contributed by atoms with Crippen LogP contribution in [0.1, 0.15) is 52.5 Å². The van der Waals surface area contributed by atoms with Crippen molar-refractivity contribution in [2.75, 3.05) is 6.54 Å². The minimum atomic E-state index is -1.17. The average molecular weight is 514 g/mol. The molecule has 1 saturated heterocycles. The van der Waals surface area contributed by atoms with Gasteiger partial charge in [0.05, 0.1) is 6.04 Å². The molecule has 1 aliphatic heterocycles. The van der Waals surface area contributed by atoms with Gasteiger partial charge in [-0.2, -0.15) is 0 Å². The molecule has 1 fully saturated rings. The van der Waals surface area contributed by atoms with Gasteiger partial charge in [-0.3, -0.25) is 14.4 Å². The molecule has 1 aromatic carbocycles. The van der Waals surface area contributed by atoms with Gasteiger partial charge in [0.1, 0.15) is 18.1 Å². The van der Waals surface area contributed by atoms with Crippen molar-refractivity contribution < 1.29 is 24.3 Å². The van der Waals surface area contributed by atoms with Crippen LogP contribution in [0.25, 0.3) is 10.9 Å². The molecule has 0 radical (unpaired) electrons. The molecule has 0 spiro atoms. The van der Waals surface area contributed by atoms with Crippen LogP contribution in [0, 0.1) is 11.8 Å². The fourth-order valence-corrected chi connectivity index (χ4v) is 4.65. The Morgan fingerprint density at radius 2 is 1.70 bits per heavy atom. The first-order valence-electron chi connectivity index (χ1n) is 13.0. The maximum atomic E-state index is 13.3. The van der Waals surface area contributed by atoms with E-state index in [9.17, 15) is 24.3 Å². The number of fused-ring (bicyclic) bond motifs is 1. The SMILES string of the molecule is CC(C)CC(NC(=O)C(NC(=O)C1CCCN1)C(C)C)C(=O)NC(Cc1c[nH]c2ccccc12)C(=O)O. The van der Waals surface area contributed by atoms with E-state index in [0.717, 1.165) is 29.4 Å². The van der Waals surface area contributed by atoms with Gasteiger partial charge in [-0.25, -0.2) is 4.79 Å². The van der Waals surface area contributed by atoms with Crippen LogP contribution in [0.3, 0.4) is 0 Å². The number of amides is 3. The van der Waals surface area contributed by atoms with Crippen LogP contribution in [0.4, 0.5) is 0 Å². The summed E-state index contributed by atoms with van der Waals surface area (Å²) in [6.45, 7) is 8.25. The highest BCUT2D eigenvalue weighted by Gasteiger charge is 2.33. The van der Waals surface area contributed by atoms with E-state index in [1.165, 1.54) is 0 Å². The molecule has 6 N–H and O–H groups in total. The number of hydrogen-bond acceptors (Lipinski definition) is 5. The number of benzene rings is 1. The predicted molar refractivity (Wildman–Crippen MR) is 141 cm³/mol. The number of aliphatic carboxylic acids is 1. The quantitative estimate of drug-likeness (QED) is 0.254. The summed E-state index contributed by atoms with van der Waals surface area (Å²) in [5.41, 5.74) is 1.66. The second-order valence-electron chi connectivity index (χ2n) is 10.5. The number of aromatic amines is 1. The molecule has 0 aliphatic carbocycles. The molecular weight excluding hydrogens is 474 g/mol. The van der Waals surface area contributed by atoms with E-state index in [1.54, 1.807) is 6.20 Å². The number of carbonyl (C=O) groups excluding carboxylic acids is 3. The third-order valence-electron chi connectivity index (χ3n) is 6.68. The minimum absolute atomic E-state index is 0.0581. The Balaban J connectivity index is 1.70. The van der Waals surface area contributed by atoms with E-state index in [1.807, 2.05) is 52.0 Å². The molecule has 0 bridgehead atoms. The maximum absolute atomic E-state index is 13.3. The first kappa shape index (κ1) is 28.2. The Kier molecular flexibility index (Phi) is 9.68. The van der Waals surface area contributed by atoms with E-state index in [0.29, 0.717) is 12.8 Å². The zero-order valence-corrected chi connectivity index (χ0v) is 22.0. The van der Waals surface area contributed by atoms with E-state index in [-0.39, 0.29) is 30.2 Å². The molecule has 3 rings (SSSR count). The number of H-pyrrole nitrogens is 1. The molecule has 4 unspecified atom stereocenters. The number of nitrogens with one attached hydrogen (secondary N) is 5.